The number of amides is 1. The monoisotopic (exact) mass is 250 g/mol. The van der Waals surface area contributed by atoms with Crippen molar-refractivity contribution in [1.29, 1.82) is 0 Å². The van der Waals surface area contributed by atoms with Gasteiger partial charge in [-0.1, -0.05) is 0 Å². The molecule has 1 aromatic rings. The quantitative estimate of drug-likeness (QED) is 0.723. The molecule has 1 aliphatic rings. The molecule has 96 valence electrons. The van der Waals surface area contributed by atoms with Gasteiger partial charge in [0.2, 0.25) is 5.91 Å². The third kappa shape index (κ3) is 2.13. The molecule has 2 rings (SSSR count). The first-order valence-electron chi connectivity index (χ1n) is 5.25. The third-order valence-corrected chi connectivity index (χ3v) is 2.65. The highest BCUT2D eigenvalue weighted by molar-refractivity contribution is 5.80. The zero-order valence-corrected chi connectivity index (χ0v) is 9.87. The van der Waals surface area contributed by atoms with E-state index >= 15 is 0 Å². The van der Waals surface area contributed by atoms with Crippen molar-refractivity contribution in [2.45, 2.75) is 12.1 Å². The summed E-state index contributed by atoms with van der Waals surface area (Å²) in [6, 6.07) is 0. The number of hydrogen-bond donors (Lipinski definition) is 2. The molecule has 0 fully saturated rings. The molecule has 0 aliphatic carbocycles. The molecule has 1 amide bonds. The Kier molecular flexibility index (Phi) is 3.17. The van der Waals surface area contributed by atoms with Crippen LogP contribution in [0, 0.1) is 0 Å². The lowest BCUT2D eigenvalue weighted by Crippen LogP contribution is -2.46. The molecule has 18 heavy (non-hydrogen) atoms. The second kappa shape index (κ2) is 4.63. The predicted octanol–water partition coefficient (Wildman–Crippen LogP) is -0.141. The second-order valence-electron chi connectivity index (χ2n) is 3.85. The summed E-state index contributed by atoms with van der Waals surface area (Å²) in [4.78, 5) is 15.3. The molecule has 0 saturated carbocycles. The molecular weight excluding hydrogens is 236 g/mol. The Bertz CT molecular complexity index is 520. The van der Waals surface area contributed by atoms with Gasteiger partial charge in [-0.25, -0.2) is 4.98 Å². The molecule has 0 saturated heterocycles. The SMILES string of the molecule is COC(N)(CC(N)=O)C1=COC=Cn2ccnc21. The molecule has 0 aromatic carbocycles. The molecule has 1 aliphatic heterocycles. The maximum absolute atomic E-state index is 11.1. The summed E-state index contributed by atoms with van der Waals surface area (Å²) in [5.41, 5.74) is 10.3. The zero-order valence-electron chi connectivity index (χ0n) is 9.87. The van der Waals surface area contributed by atoms with Gasteiger partial charge in [-0.05, 0) is 0 Å². The van der Waals surface area contributed by atoms with E-state index in [0.29, 0.717) is 11.4 Å². The Morgan fingerprint density at radius 1 is 1.67 bits per heavy atom. The van der Waals surface area contributed by atoms with Gasteiger partial charge in [-0.3, -0.25) is 10.5 Å². The average molecular weight is 250 g/mol. The van der Waals surface area contributed by atoms with Crippen molar-refractivity contribution in [1.82, 2.24) is 9.55 Å². The summed E-state index contributed by atoms with van der Waals surface area (Å²) in [5, 5.41) is 0. The van der Waals surface area contributed by atoms with Crippen molar-refractivity contribution in [3.63, 3.8) is 0 Å². The normalized spacial score (nSPS) is 17.1. The number of imidazole rings is 1. The van der Waals surface area contributed by atoms with Crippen LogP contribution in [0.15, 0.2) is 24.9 Å². The Morgan fingerprint density at radius 3 is 3.11 bits per heavy atom. The third-order valence-electron chi connectivity index (χ3n) is 2.65. The molecule has 2 heterocycles. The van der Waals surface area contributed by atoms with Crippen LogP contribution in [0.5, 0.6) is 0 Å². The minimum Gasteiger partial charge on any atom is -0.470 e. The van der Waals surface area contributed by atoms with Crippen LogP contribution in [0.1, 0.15) is 12.2 Å². The maximum atomic E-state index is 11.1. The largest absolute Gasteiger partial charge is 0.470 e. The van der Waals surface area contributed by atoms with E-state index in [1.54, 1.807) is 23.2 Å². The molecule has 0 spiro atoms. The lowest BCUT2D eigenvalue weighted by atomic mass is 10.00. The van der Waals surface area contributed by atoms with Gasteiger partial charge in [-0.2, -0.15) is 0 Å². The highest BCUT2D eigenvalue weighted by Crippen LogP contribution is 2.29. The number of carbonyl (C=O) groups is 1. The first-order chi connectivity index (χ1) is 8.57. The summed E-state index contributed by atoms with van der Waals surface area (Å²) >= 11 is 0. The van der Waals surface area contributed by atoms with Crippen LogP contribution in [0.2, 0.25) is 0 Å². The summed E-state index contributed by atoms with van der Waals surface area (Å²) in [6.07, 6.45) is 7.71. The van der Waals surface area contributed by atoms with Crippen LogP contribution in [0.25, 0.3) is 11.8 Å². The molecule has 1 atom stereocenters. The number of rotatable bonds is 4. The van der Waals surface area contributed by atoms with Crippen molar-refractivity contribution < 1.29 is 14.3 Å². The van der Waals surface area contributed by atoms with E-state index in [1.807, 2.05) is 0 Å². The van der Waals surface area contributed by atoms with Gasteiger partial charge in [0.25, 0.3) is 0 Å². The van der Waals surface area contributed by atoms with Gasteiger partial charge in [-0.15, -0.1) is 0 Å². The van der Waals surface area contributed by atoms with Crippen LogP contribution < -0.4 is 11.5 Å². The second-order valence-corrected chi connectivity index (χ2v) is 3.85. The summed E-state index contributed by atoms with van der Waals surface area (Å²) < 4.78 is 12.1. The molecule has 0 bridgehead atoms. The highest BCUT2D eigenvalue weighted by atomic mass is 16.5. The van der Waals surface area contributed by atoms with E-state index in [-0.39, 0.29) is 6.42 Å². The Morgan fingerprint density at radius 2 is 2.44 bits per heavy atom. The Balaban J connectivity index is 2.45. The number of aromatic nitrogens is 2. The van der Waals surface area contributed by atoms with Crippen LogP contribution >= 0.6 is 0 Å². The fourth-order valence-electron chi connectivity index (χ4n) is 1.73. The molecule has 1 unspecified atom stereocenters. The van der Waals surface area contributed by atoms with Crippen molar-refractivity contribution in [2.75, 3.05) is 7.11 Å². The molecule has 4 N–H and O–H groups in total. The first-order valence-corrected chi connectivity index (χ1v) is 5.25. The lowest BCUT2D eigenvalue weighted by Gasteiger charge is -2.28. The first kappa shape index (κ1) is 12.3. The molecular formula is C11H14N4O3. The number of carbonyl (C=O) groups excluding carboxylic acids is 1. The van der Waals surface area contributed by atoms with E-state index in [9.17, 15) is 4.79 Å². The van der Waals surface area contributed by atoms with Gasteiger partial charge >= 0.3 is 0 Å². The van der Waals surface area contributed by atoms with E-state index in [0.717, 1.165) is 0 Å². The zero-order chi connectivity index (χ0) is 13.2. The summed E-state index contributed by atoms with van der Waals surface area (Å²) in [6.45, 7) is 0. The van der Waals surface area contributed by atoms with Gasteiger partial charge in [0.05, 0.1) is 12.0 Å². The lowest BCUT2D eigenvalue weighted by molar-refractivity contribution is -0.122. The number of methoxy groups -OCH3 is 1. The van der Waals surface area contributed by atoms with Crippen molar-refractivity contribution in [3.8, 4) is 0 Å². The van der Waals surface area contributed by atoms with E-state index in [1.165, 1.54) is 19.6 Å². The van der Waals surface area contributed by atoms with E-state index in [4.69, 9.17) is 20.9 Å². The minimum absolute atomic E-state index is 0.175. The van der Waals surface area contributed by atoms with Crippen molar-refractivity contribution in [3.05, 3.63) is 30.7 Å². The average Bonchev–Trinajstić information content (AvgIpc) is 2.67. The predicted molar refractivity (Wildman–Crippen MR) is 64.4 cm³/mol. The standard InChI is InChI=1S/C11H14N4O3/c1-17-11(13,6-9(12)16)8-7-18-5-4-15-3-2-14-10(8)15/h2-5,7H,6,13H2,1H3,(H2,12,16). The number of primary amides is 1. The van der Waals surface area contributed by atoms with Gasteiger partial charge in [0.1, 0.15) is 18.3 Å². The van der Waals surface area contributed by atoms with Crippen LogP contribution in [-0.2, 0) is 14.3 Å². The smallest absolute Gasteiger partial charge is 0.222 e. The number of nitrogens with two attached hydrogens (primary N) is 2. The van der Waals surface area contributed by atoms with E-state index < -0.39 is 11.6 Å². The van der Waals surface area contributed by atoms with Crippen LogP contribution in [0.4, 0.5) is 0 Å². The maximum Gasteiger partial charge on any atom is 0.222 e. The fraction of sp³-hybridized carbons (Fsp3) is 0.273. The van der Waals surface area contributed by atoms with Crippen molar-refractivity contribution >= 4 is 17.7 Å². The van der Waals surface area contributed by atoms with Crippen LogP contribution in [0.3, 0.4) is 0 Å². The molecule has 0 radical (unpaired) electrons. The Labute approximate surface area is 104 Å². The van der Waals surface area contributed by atoms with Gasteiger partial charge in [0, 0.05) is 25.7 Å². The van der Waals surface area contributed by atoms with E-state index in [2.05, 4.69) is 4.98 Å². The molecule has 7 heteroatoms. The summed E-state index contributed by atoms with van der Waals surface area (Å²) in [7, 11) is 1.40. The van der Waals surface area contributed by atoms with Gasteiger partial charge in [0.15, 0.2) is 5.72 Å². The highest BCUT2D eigenvalue weighted by Gasteiger charge is 2.36. The number of nitrogens with zero attached hydrogens (tertiary/aromatic N) is 2. The summed E-state index contributed by atoms with van der Waals surface area (Å²) in [5.74, 6) is -0.0371. The number of hydrogen-bond acceptors (Lipinski definition) is 5. The topological polar surface area (TPSA) is 105 Å². The van der Waals surface area contributed by atoms with Crippen LogP contribution in [-0.4, -0.2) is 28.3 Å². The molecule has 7 nitrogen and oxygen atoms in total. The Hall–Kier alpha value is -2.12. The molecule has 1 aromatic heterocycles. The fourth-order valence-corrected chi connectivity index (χ4v) is 1.73. The van der Waals surface area contributed by atoms with Crippen molar-refractivity contribution in [2.24, 2.45) is 11.5 Å². The number of ether oxygens (including phenoxy) is 2. The number of fused-ring (bicyclic) bond motifs is 1. The minimum atomic E-state index is -1.37. The van der Waals surface area contributed by atoms with Gasteiger partial charge < -0.3 is 19.8 Å².